The van der Waals surface area contributed by atoms with Crippen molar-refractivity contribution in [2.45, 2.75) is 96.0 Å². The second-order valence-corrected chi connectivity index (χ2v) is 17.0. The minimum Gasteiger partial charge on any atom is -0.508 e. The van der Waals surface area contributed by atoms with Gasteiger partial charge in [-0.2, -0.15) is 0 Å². The van der Waals surface area contributed by atoms with Gasteiger partial charge in [0.25, 0.3) is 0 Å². The number of aromatic hydroxyl groups is 4. The van der Waals surface area contributed by atoms with E-state index in [0.717, 1.165) is 31.2 Å². The van der Waals surface area contributed by atoms with Crippen LogP contribution in [0.5, 0.6) is 34.5 Å². The number of rotatable bonds is 15. The van der Waals surface area contributed by atoms with E-state index in [1.165, 1.54) is 60.7 Å². The van der Waals surface area contributed by atoms with E-state index in [9.17, 15) is 79.5 Å². The van der Waals surface area contributed by atoms with Crippen LogP contribution in [0.2, 0.25) is 0 Å². The van der Waals surface area contributed by atoms with E-state index >= 15 is 0 Å². The summed E-state index contributed by atoms with van der Waals surface area (Å²) in [6.07, 6.45) is -18.4. The molecule has 2 aromatic heterocycles. The summed E-state index contributed by atoms with van der Waals surface area (Å²) < 4.78 is 48.3. The Labute approximate surface area is 444 Å². The topological polar surface area (TPSA) is 433 Å². The van der Waals surface area contributed by atoms with E-state index in [2.05, 4.69) is 0 Å². The molecule has 0 bridgehead atoms. The van der Waals surface area contributed by atoms with Gasteiger partial charge in [-0.3, -0.25) is 33.6 Å². The largest absolute Gasteiger partial charge is 0.508 e. The Morgan fingerprint density at radius 3 is 1.32 bits per heavy atom. The first-order valence-corrected chi connectivity index (χ1v) is 22.6. The Morgan fingerprint density at radius 2 is 0.911 bits per heavy atom. The van der Waals surface area contributed by atoms with Crippen LogP contribution >= 0.6 is 0 Å². The molecule has 2 aliphatic heterocycles. The van der Waals surface area contributed by atoms with Gasteiger partial charge in [0.15, 0.2) is 17.0 Å². The van der Waals surface area contributed by atoms with Crippen molar-refractivity contribution >= 4 is 51.8 Å². The summed E-state index contributed by atoms with van der Waals surface area (Å²) in [6, 6.07) is 18.5. The maximum absolute atomic E-state index is 12.7. The van der Waals surface area contributed by atoms with Gasteiger partial charge in [0.05, 0.1) is 0 Å². The zero-order chi connectivity index (χ0) is 56.0. The third-order valence-electron chi connectivity index (χ3n) is 11.4. The van der Waals surface area contributed by atoms with Crippen LogP contribution in [0.3, 0.4) is 0 Å². The number of ether oxygens (including phenoxy) is 7. The highest BCUT2D eigenvalue weighted by Gasteiger charge is 2.49. The maximum atomic E-state index is 12.7. The number of carbonyl (C=O) groups is 5. The number of aliphatic carboxylic acids is 2. The van der Waals surface area contributed by atoms with Gasteiger partial charge in [-0.15, -0.1) is 0 Å². The van der Waals surface area contributed by atoms with Crippen molar-refractivity contribution < 1.29 is 122 Å². The molecule has 0 saturated carbocycles. The number of aliphatic hydroxyl groups excluding tert-OH is 5. The molecule has 2 fully saturated rings. The zero-order valence-electron chi connectivity index (χ0n) is 39.6. The first-order valence-electron chi connectivity index (χ1n) is 22.6. The molecule has 6 aromatic rings. The molecule has 2 saturated heterocycles. The lowest BCUT2D eigenvalue weighted by Crippen LogP contribution is -2.61. The fourth-order valence-corrected chi connectivity index (χ4v) is 7.75. The van der Waals surface area contributed by atoms with Crippen molar-refractivity contribution in [1.82, 2.24) is 0 Å². The molecule has 2 aliphatic rings. The number of fused-ring (bicyclic) bond motifs is 2. The van der Waals surface area contributed by atoms with Crippen LogP contribution in [0.25, 0.3) is 44.6 Å². The van der Waals surface area contributed by atoms with Crippen LogP contribution in [0.15, 0.2) is 103 Å². The average molecular weight is 1110 g/mol. The van der Waals surface area contributed by atoms with Crippen LogP contribution in [0.1, 0.15) is 34.6 Å². The van der Waals surface area contributed by atoms with E-state index in [0.29, 0.717) is 11.1 Å². The van der Waals surface area contributed by atoms with Crippen molar-refractivity contribution in [2.24, 2.45) is 0 Å². The molecule has 79 heavy (non-hydrogen) atoms. The van der Waals surface area contributed by atoms with Gasteiger partial charge in [-0.1, -0.05) is 14.9 Å². The molecule has 0 aliphatic carbocycles. The Hall–Kier alpha value is -8.83. The lowest BCUT2D eigenvalue weighted by atomic mass is 9.99. The van der Waals surface area contributed by atoms with E-state index in [-0.39, 0.29) is 71.3 Å². The van der Waals surface area contributed by atoms with Gasteiger partial charge in [-0.05, 0) is 48.5 Å². The molecule has 0 spiro atoms. The molecule has 10 atom stereocenters. The molecule has 10 unspecified atom stereocenters. The molecular formula is C52H54O27. The van der Waals surface area contributed by atoms with Crippen LogP contribution in [-0.2, 0) is 47.7 Å². The Morgan fingerprint density at radius 1 is 0.519 bits per heavy atom. The summed E-state index contributed by atoms with van der Waals surface area (Å²) in [6.45, 7) is -0.278. The van der Waals surface area contributed by atoms with Crippen LogP contribution < -0.4 is 20.3 Å². The number of phenolic OH excluding ortho intramolecular Hbond substituents is 4. The summed E-state index contributed by atoms with van der Waals surface area (Å²) >= 11 is 0. The number of hydrogen-bond acceptors (Lipinski definition) is 25. The molecule has 4 heterocycles. The SMILES string of the molecule is C.C.CC(=O)OC1C(COC(=O)CC(=O)O)OC(Oc2cc(O)c3c(=O)cc(-c4ccc(O)cc4)oc3c2)C(O)C1O.O=C(O)CC(=O)OCC1OC(Oc2cc(O)c3c(=O)cc(-c4ccc(O)cc4)oc3c2)C(O)C(O)C1O. The van der Waals surface area contributed by atoms with E-state index in [1.54, 1.807) is 0 Å². The second-order valence-electron chi connectivity index (χ2n) is 17.0. The third kappa shape index (κ3) is 14.8. The Kier molecular flexibility index (Phi) is 20.1. The average Bonchev–Trinajstić information content (AvgIpc) is 3.37. The molecule has 27 heteroatoms. The lowest BCUT2D eigenvalue weighted by Gasteiger charge is -2.41. The standard InChI is InChI=1S/C26H24O14.C24H22O13.2CH4/c1-11(27)37-25-19(10-36-21(33)9-20(31)32)40-26(24(35)23(25)34)38-14-6-15(29)22-16(30)8-17(39-18(22)7-14)12-2-4-13(28)5-3-12;25-11-3-1-10(2-4-11)15-7-14(27)20-13(26)5-12(6-16(20)36-15)35-24-23(33)22(32)21(31)17(37-24)9-34-19(30)8-18(28)29;;/h2-8,19,23-26,28-29,34-35H,9-10H2,1H3,(H,31,32);1-7,17,21-26,31-33H,8-9H2,(H,28,29);2*1H4. The molecule has 8 rings (SSSR count). The van der Waals surface area contributed by atoms with Crippen molar-refractivity contribution in [3.05, 3.63) is 105 Å². The highest BCUT2D eigenvalue weighted by molar-refractivity contribution is 5.91. The molecule has 27 nitrogen and oxygen atoms in total. The van der Waals surface area contributed by atoms with Crippen molar-refractivity contribution in [3.8, 4) is 57.1 Å². The number of hydrogen-bond donors (Lipinski definition) is 11. The minimum absolute atomic E-state index is 0. The fourth-order valence-electron chi connectivity index (χ4n) is 7.75. The number of carbonyl (C=O) groups excluding carboxylic acids is 3. The van der Waals surface area contributed by atoms with Crippen molar-refractivity contribution in [1.29, 1.82) is 0 Å². The Bertz CT molecular complexity index is 3280. The normalized spacial score (nSPS) is 22.4. The molecule has 0 amide bonds. The van der Waals surface area contributed by atoms with Gasteiger partial charge < -0.3 is 98.2 Å². The number of phenols is 4. The number of aliphatic hydroxyl groups is 5. The maximum Gasteiger partial charge on any atom is 0.317 e. The quantitative estimate of drug-likeness (QED) is 0.0398. The van der Waals surface area contributed by atoms with Crippen LogP contribution in [-0.4, -0.2) is 161 Å². The number of carboxylic acid groups (broad SMARTS) is 2. The minimum atomic E-state index is -1.82. The van der Waals surface area contributed by atoms with Gasteiger partial charge in [0.2, 0.25) is 12.6 Å². The van der Waals surface area contributed by atoms with E-state index in [1.807, 2.05) is 0 Å². The molecular weight excluding hydrogens is 1060 g/mol. The third-order valence-corrected chi connectivity index (χ3v) is 11.4. The van der Waals surface area contributed by atoms with Crippen LogP contribution in [0.4, 0.5) is 0 Å². The summed E-state index contributed by atoms with van der Waals surface area (Å²) in [5.74, 6) is -7.06. The van der Waals surface area contributed by atoms with E-state index in [4.69, 9.17) is 52.2 Å². The number of benzene rings is 4. The highest BCUT2D eigenvalue weighted by atomic mass is 16.7. The molecule has 424 valence electrons. The molecule has 0 radical (unpaired) electrons. The van der Waals surface area contributed by atoms with Crippen LogP contribution in [0, 0.1) is 0 Å². The van der Waals surface area contributed by atoms with Crippen molar-refractivity contribution in [2.75, 3.05) is 13.2 Å². The fraction of sp³-hybridized carbons (Fsp3) is 0.327. The molecule has 4 aromatic carbocycles. The summed E-state index contributed by atoms with van der Waals surface area (Å²) in [7, 11) is 0. The molecule has 11 N–H and O–H groups in total. The van der Waals surface area contributed by atoms with Gasteiger partial charge in [-0.25, -0.2) is 0 Å². The van der Waals surface area contributed by atoms with Gasteiger partial charge in [0.1, 0.15) is 137 Å². The Balaban J connectivity index is 0.000000284. The van der Waals surface area contributed by atoms with Gasteiger partial charge in [0, 0.05) is 54.4 Å². The monoisotopic (exact) mass is 1110 g/mol. The summed E-state index contributed by atoms with van der Waals surface area (Å²) in [5, 5.41) is 109. The van der Waals surface area contributed by atoms with Gasteiger partial charge >= 0.3 is 29.8 Å². The second kappa shape index (κ2) is 26.0. The predicted octanol–water partition coefficient (Wildman–Crippen LogP) is 1.99. The number of carboxylic acids is 2. The summed E-state index contributed by atoms with van der Waals surface area (Å²) in [5.41, 5.74) is -0.419. The first kappa shape index (κ1) is 61.0. The predicted molar refractivity (Wildman–Crippen MR) is 267 cm³/mol. The van der Waals surface area contributed by atoms with E-state index < -0.39 is 140 Å². The smallest absolute Gasteiger partial charge is 0.317 e. The summed E-state index contributed by atoms with van der Waals surface area (Å²) in [4.78, 5) is 81.4. The van der Waals surface area contributed by atoms with Crippen molar-refractivity contribution in [3.63, 3.8) is 0 Å². The highest BCUT2D eigenvalue weighted by Crippen LogP contribution is 2.36. The zero-order valence-corrected chi connectivity index (χ0v) is 39.6. The lowest BCUT2D eigenvalue weighted by molar-refractivity contribution is -0.282. The first-order chi connectivity index (χ1) is 36.4. The number of esters is 3.